The number of fused-ring (bicyclic) bond motifs is 1. The highest BCUT2D eigenvalue weighted by Gasteiger charge is 2.37. The zero-order valence-corrected chi connectivity index (χ0v) is 22.1. The number of halogens is 2. The number of hydrogen-bond donors (Lipinski definition) is 3. The Morgan fingerprint density at radius 3 is 2.72 bits per heavy atom. The van der Waals surface area contributed by atoms with Crippen molar-refractivity contribution in [2.75, 3.05) is 49.5 Å². The van der Waals surface area contributed by atoms with Crippen molar-refractivity contribution < 1.29 is 10.2 Å². The largest absolute Gasteiger partial charge is 0.394 e. The molecular formula is C25H33Cl2N7O2. The molecule has 2 aliphatic rings. The Morgan fingerprint density at radius 1 is 1.17 bits per heavy atom. The number of benzene rings is 1. The highest BCUT2D eigenvalue weighted by molar-refractivity contribution is 6.35. The number of nitrogens with zero attached hydrogens (tertiary/aromatic N) is 6. The summed E-state index contributed by atoms with van der Waals surface area (Å²) in [7, 11) is 1.88. The van der Waals surface area contributed by atoms with Crippen LogP contribution >= 0.6 is 23.2 Å². The van der Waals surface area contributed by atoms with Crippen molar-refractivity contribution in [3.8, 4) is 0 Å². The molecule has 0 bridgehead atoms. The summed E-state index contributed by atoms with van der Waals surface area (Å²) in [6, 6.07) is 5.40. The highest BCUT2D eigenvalue weighted by Crippen LogP contribution is 2.35. The molecule has 1 aromatic carbocycles. The third-order valence-electron chi connectivity index (χ3n) is 7.33. The van der Waals surface area contributed by atoms with Gasteiger partial charge in [0.1, 0.15) is 5.52 Å². The molecule has 0 amide bonds. The quantitative estimate of drug-likeness (QED) is 0.405. The van der Waals surface area contributed by atoms with Crippen LogP contribution < -0.4 is 10.2 Å². The van der Waals surface area contributed by atoms with Crippen LogP contribution in [0.1, 0.15) is 31.4 Å². The molecule has 0 radical (unpaired) electrons. The van der Waals surface area contributed by atoms with Gasteiger partial charge in [-0.3, -0.25) is 4.68 Å². The third kappa shape index (κ3) is 5.40. The number of hydrogen-bond acceptors (Lipinski definition) is 8. The minimum Gasteiger partial charge on any atom is -0.394 e. The molecule has 11 heteroatoms. The SMILES string of the molecule is C[C@@H](Nc1nc(N2CC([C@H]3CCCN(C[C@@H](O)CO)C3)C2)nc2cn(C)nc12)c1ccc(Cl)cc1Cl. The van der Waals surface area contributed by atoms with Gasteiger partial charge in [0.05, 0.1) is 24.9 Å². The predicted molar refractivity (Wildman–Crippen MR) is 143 cm³/mol. The molecule has 2 saturated heterocycles. The Kier molecular flexibility index (Phi) is 7.55. The van der Waals surface area contributed by atoms with Gasteiger partial charge in [0.25, 0.3) is 0 Å². The molecule has 3 atom stereocenters. The normalized spacial score (nSPS) is 20.9. The summed E-state index contributed by atoms with van der Waals surface area (Å²) in [5.74, 6) is 2.52. The Balaban J connectivity index is 1.30. The first-order chi connectivity index (χ1) is 17.3. The maximum absolute atomic E-state index is 9.83. The lowest BCUT2D eigenvalue weighted by Crippen LogP contribution is -2.54. The average Bonchev–Trinajstić information content (AvgIpc) is 3.18. The number of nitrogens with one attached hydrogen (secondary N) is 1. The van der Waals surface area contributed by atoms with Gasteiger partial charge in [-0.15, -0.1) is 0 Å². The van der Waals surface area contributed by atoms with E-state index in [1.165, 1.54) is 6.42 Å². The van der Waals surface area contributed by atoms with E-state index in [-0.39, 0.29) is 12.6 Å². The van der Waals surface area contributed by atoms with E-state index in [2.05, 4.69) is 20.2 Å². The number of piperidine rings is 1. The fraction of sp³-hybridized carbons (Fsp3) is 0.560. The van der Waals surface area contributed by atoms with Crippen molar-refractivity contribution in [3.63, 3.8) is 0 Å². The van der Waals surface area contributed by atoms with Crippen LogP contribution in [0, 0.1) is 11.8 Å². The van der Waals surface area contributed by atoms with Crippen molar-refractivity contribution in [1.29, 1.82) is 0 Å². The summed E-state index contributed by atoms with van der Waals surface area (Å²) in [6.45, 7) is 6.14. The molecule has 2 fully saturated rings. The Hall–Kier alpha value is -2.17. The molecule has 194 valence electrons. The maximum atomic E-state index is 9.83. The average molecular weight is 534 g/mol. The van der Waals surface area contributed by atoms with Crippen LogP contribution in [0.2, 0.25) is 10.0 Å². The summed E-state index contributed by atoms with van der Waals surface area (Å²) in [5, 5.41) is 28.3. The topological polar surface area (TPSA) is 103 Å². The van der Waals surface area contributed by atoms with Crippen molar-refractivity contribution in [2.45, 2.75) is 31.9 Å². The molecule has 4 heterocycles. The number of likely N-dealkylation sites (tertiary alicyclic amines) is 1. The van der Waals surface area contributed by atoms with Crippen LogP contribution in [0.4, 0.5) is 11.8 Å². The van der Waals surface area contributed by atoms with Gasteiger partial charge < -0.3 is 25.3 Å². The molecule has 3 N–H and O–H groups in total. The van der Waals surface area contributed by atoms with Crippen LogP contribution in [0.3, 0.4) is 0 Å². The summed E-state index contributed by atoms with van der Waals surface area (Å²) in [4.78, 5) is 14.2. The zero-order valence-electron chi connectivity index (χ0n) is 20.6. The standard InChI is InChI=1S/C25H33Cl2N7O2/c1-15(20-6-5-18(26)8-21(20)27)28-24-23-22(13-32(2)31-23)29-25(30-24)34-10-17(11-34)16-4-3-7-33(9-16)12-19(36)14-35/h5-6,8,13,15-17,19,35-36H,3-4,7,9-12,14H2,1-2H3,(H,28,29,30)/t15-,16+,19-/m1/s1. The number of rotatable bonds is 8. The lowest BCUT2D eigenvalue weighted by atomic mass is 9.80. The van der Waals surface area contributed by atoms with E-state index in [1.54, 1.807) is 10.7 Å². The lowest BCUT2D eigenvalue weighted by molar-refractivity contribution is 0.0347. The highest BCUT2D eigenvalue weighted by atomic mass is 35.5. The number of aliphatic hydroxyl groups is 2. The monoisotopic (exact) mass is 533 g/mol. The molecular weight excluding hydrogens is 501 g/mol. The minimum absolute atomic E-state index is 0.102. The van der Waals surface area contributed by atoms with Gasteiger partial charge in [0.15, 0.2) is 11.3 Å². The molecule has 2 aromatic heterocycles. The maximum Gasteiger partial charge on any atom is 0.228 e. The molecule has 9 nitrogen and oxygen atoms in total. The summed E-state index contributed by atoms with van der Waals surface area (Å²) in [6.07, 6.45) is 3.56. The smallest absolute Gasteiger partial charge is 0.228 e. The molecule has 0 spiro atoms. The van der Waals surface area contributed by atoms with Gasteiger partial charge in [-0.25, -0.2) is 4.98 Å². The third-order valence-corrected chi connectivity index (χ3v) is 7.89. The van der Waals surface area contributed by atoms with Gasteiger partial charge in [0, 0.05) is 43.3 Å². The van der Waals surface area contributed by atoms with Crippen LogP contribution in [0.25, 0.3) is 11.0 Å². The molecule has 5 rings (SSSR count). The van der Waals surface area contributed by atoms with Crippen LogP contribution in [0.15, 0.2) is 24.4 Å². The van der Waals surface area contributed by atoms with Crippen molar-refractivity contribution >= 4 is 46.0 Å². The number of aliphatic hydroxyl groups excluding tert-OH is 2. The first-order valence-corrected chi connectivity index (χ1v) is 13.3. The summed E-state index contributed by atoms with van der Waals surface area (Å²) in [5.41, 5.74) is 2.45. The van der Waals surface area contributed by atoms with Crippen LogP contribution in [-0.4, -0.2) is 80.3 Å². The van der Waals surface area contributed by atoms with Gasteiger partial charge in [0.2, 0.25) is 5.95 Å². The van der Waals surface area contributed by atoms with E-state index in [0.717, 1.165) is 49.2 Å². The first kappa shape index (κ1) is 25.5. The summed E-state index contributed by atoms with van der Waals surface area (Å²) >= 11 is 12.5. The van der Waals surface area contributed by atoms with Crippen LogP contribution in [0.5, 0.6) is 0 Å². The van der Waals surface area contributed by atoms with Gasteiger partial charge in [-0.1, -0.05) is 29.3 Å². The minimum atomic E-state index is -0.669. The second kappa shape index (κ2) is 10.7. The second-order valence-corrected chi connectivity index (χ2v) is 10.9. The number of anilines is 2. The molecule has 0 unspecified atom stereocenters. The van der Waals surface area contributed by atoms with Crippen LogP contribution in [-0.2, 0) is 7.05 Å². The lowest BCUT2D eigenvalue weighted by Gasteiger charge is -2.46. The van der Waals surface area contributed by atoms with E-state index in [4.69, 9.17) is 33.2 Å². The molecule has 3 aromatic rings. The zero-order chi connectivity index (χ0) is 25.4. The molecule has 2 aliphatic heterocycles. The fourth-order valence-electron chi connectivity index (χ4n) is 5.36. The van der Waals surface area contributed by atoms with Crippen molar-refractivity contribution in [3.05, 3.63) is 40.0 Å². The Labute approximate surface area is 221 Å². The Morgan fingerprint density at radius 2 is 1.97 bits per heavy atom. The summed E-state index contributed by atoms with van der Waals surface area (Å²) < 4.78 is 1.75. The predicted octanol–water partition coefficient (Wildman–Crippen LogP) is 3.34. The molecule has 0 saturated carbocycles. The van der Waals surface area contributed by atoms with E-state index < -0.39 is 6.10 Å². The second-order valence-electron chi connectivity index (χ2n) is 10.1. The van der Waals surface area contributed by atoms with E-state index in [9.17, 15) is 10.2 Å². The van der Waals surface area contributed by atoms with E-state index >= 15 is 0 Å². The van der Waals surface area contributed by atoms with E-state index in [1.807, 2.05) is 32.3 Å². The number of aryl methyl sites for hydroxylation is 1. The fourth-order valence-corrected chi connectivity index (χ4v) is 5.93. The Bertz CT molecular complexity index is 1220. The van der Waals surface area contributed by atoms with Gasteiger partial charge in [-0.2, -0.15) is 10.1 Å². The van der Waals surface area contributed by atoms with Gasteiger partial charge in [-0.05, 0) is 55.8 Å². The van der Waals surface area contributed by atoms with Crippen molar-refractivity contribution in [1.82, 2.24) is 24.6 Å². The van der Waals surface area contributed by atoms with Gasteiger partial charge >= 0.3 is 0 Å². The molecule has 36 heavy (non-hydrogen) atoms. The number of aromatic nitrogens is 4. The number of β-amino-alcohol motifs (C(OH)–C–C–N with tert-alkyl or cyclic N) is 1. The van der Waals surface area contributed by atoms with E-state index in [0.29, 0.717) is 40.2 Å². The molecule has 0 aliphatic carbocycles. The van der Waals surface area contributed by atoms with Crippen molar-refractivity contribution in [2.24, 2.45) is 18.9 Å². The first-order valence-electron chi connectivity index (χ1n) is 12.5.